The van der Waals surface area contributed by atoms with Gasteiger partial charge < -0.3 is 24.2 Å². The van der Waals surface area contributed by atoms with Gasteiger partial charge in [-0.05, 0) is 50.1 Å². The Balaban J connectivity index is 1.43. The molecule has 1 saturated heterocycles. The number of carboxylic acid groups (broad SMARTS) is 1. The Morgan fingerprint density at radius 2 is 1.56 bits per heavy atom. The van der Waals surface area contributed by atoms with E-state index in [0.717, 1.165) is 16.7 Å². The smallest absolute Gasteiger partial charge is 0.414 e. The molecule has 2 heterocycles. The average molecular weight is 493 g/mol. The van der Waals surface area contributed by atoms with Gasteiger partial charge in [0, 0.05) is 43.4 Å². The number of ether oxygens (including phenoxy) is 1. The summed E-state index contributed by atoms with van der Waals surface area (Å²) in [5, 5.41) is 15.6. The number of benzene rings is 2. The number of piperazine rings is 1. The molecule has 0 spiro atoms. The zero-order valence-electron chi connectivity index (χ0n) is 20.4. The molecule has 10 heteroatoms. The molecule has 10 nitrogen and oxygen atoms in total. The molecular weight excluding hydrogens is 464 g/mol. The maximum atomic E-state index is 12.8. The molecule has 3 aromatic rings. The monoisotopic (exact) mass is 492 g/mol. The van der Waals surface area contributed by atoms with Crippen LogP contribution >= 0.6 is 0 Å². The molecule has 1 aromatic heterocycles. The summed E-state index contributed by atoms with van der Waals surface area (Å²) in [7, 11) is 0. The van der Waals surface area contributed by atoms with Crippen LogP contribution in [0.25, 0.3) is 22.4 Å². The van der Waals surface area contributed by atoms with Gasteiger partial charge in [0.15, 0.2) is 0 Å². The van der Waals surface area contributed by atoms with Crippen LogP contribution in [0, 0.1) is 0 Å². The van der Waals surface area contributed by atoms with Gasteiger partial charge in [0.2, 0.25) is 5.88 Å². The third-order valence-corrected chi connectivity index (χ3v) is 5.60. The summed E-state index contributed by atoms with van der Waals surface area (Å²) >= 11 is 0. The van der Waals surface area contributed by atoms with E-state index in [1.54, 1.807) is 43.9 Å². The van der Waals surface area contributed by atoms with E-state index in [0.29, 0.717) is 37.4 Å². The van der Waals surface area contributed by atoms with Crippen molar-refractivity contribution in [1.29, 1.82) is 0 Å². The van der Waals surface area contributed by atoms with Crippen molar-refractivity contribution in [1.82, 2.24) is 15.0 Å². The predicted molar refractivity (Wildman–Crippen MR) is 133 cm³/mol. The van der Waals surface area contributed by atoms with Gasteiger partial charge in [0.25, 0.3) is 5.91 Å². The Labute approximate surface area is 208 Å². The molecule has 1 fully saturated rings. The van der Waals surface area contributed by atoms with Crippen molar-refractivity contribution >= 4 is 24.0 Å². The van der Waals surface area contributed by atoms with E-state index >= 15 is 0 Å². The largest absolute Gasteiger partial charge is 0.465 e. The van der Waals surface area contributed by atoms with E-state index < -0.39 is 17.8 Å². The number of aromatic nitrogens is 1. The molecule has 2 N–H and O–H groups in total. The highest BCUT2D eigenvalue weighted by molar-refractivity contribution is 5.95. The van der Waals surface area contributed by atoms with E-state index in [1.165, 1.54) is 4.90 Å². The lowest BCUT2D eigenvalue weighted by Crippen LogP contribution is -2.50. The number of carbonyl (C=O) groups is 3. The minimum atomic E-state index is -0.963. The van der Waals surface area contributed by atoms with Crippen molar-refractivity contribution in [3.05, 3.63) is 60.2 Å². The van der Waals surface area contributed by atoms with E-state index in [1.807, 2.05) is 36.4 Å². The van der Waals surface area contributed by atoms with Gasteiger partial charge in [0.05, 0.1) is 0 Å². The van der Waals surface area contributed by atoms with Crippen LogP contribution in [-0.4, -0.2) is 69.9 Å². The molecule has 0 radical (unpaired) electrons. The van der Waals surface area contributed by atoms with E-state index in [2.05, 4.69) is 10.5 Å². The standard InChI is InChI=1S/C26H28N4O6/c1-26(2,3)35-24(32)27-22-16-21(28-36-22)20-6-4-5-19(15-20)17-7-9-18(10-8-17)23(31)29-11-13-30(14-12-29)25(33)34/h4-10,15-16H,11-14H2,1-3H3,(H,27,32)(H,33,34). The van der Waals surface area contributed by atoms with Crippen molar-refractivity contribution in [3.63, 3.8) is 0 Å². The molecule has 0 bridgehead atoms. The number of carbonyl (C=O) groups excluding carboxylic acids is 2. The third kappa shape index (κ3) is 6.01. The second-order valence-corrected chi connectivity index (χ2v) is 9.42. The highest BCUT2D eigenvalue weighted by atomic mass is 16.6. The van der Waals surface area contributed by atoms with Gasteiger partial charge in [0.1, 0.15) is 11.3 Å². The summed E-state index contributed by atoms with van der Waals surface area (Å²) in [6.07, 6.45) is -1.59. The highest BCUT2D eigenvalue weighted by Crippen LogP contribution is 2.28. The first kappa shape index (κ1) is 24.8. The lowest BCUT2D eigenvalue weighted by Gasteiger charge is -2.33. The average Bonchev–Trinajstić information content (AvgIpc) is 3.31. The number of nitrogens with one attached hydrogen (secondary N) is 1. The maximum Gasteiger partial charge on any atom is 0.414 e. The fourth-order valence-electron chi connectivity index (χ4n) is 3.82. The molecule has 4 rings (SSSR count). The molecule has 0 aliphatic carbocycles. The molecule has 188 valence electrons. The van der Waals surface area contributed by atoms with Crippen molar-refractivity contribution in [2.45, 2.75) is 26.4 Å². The van der Waals surface area contributed by atoms with Crippen LogP contribution in [0.2, 0.25) is 0 Å². The number of rotatable bonds is 4. The van der Waals surface area contributed by atoms with Crippen molar-refractivity contribution in [3.8, 4) is 22.4 Å². The number of hydrogen-bond donors (Lipinski definition) is 2. The van der Waals surface area contributed by atoms with Crippen LogP contribution in [-0.2, 0) is 4.74 Å². The lowest BCUT2D eigenvalue weighted by atomic mass is 10.0. The first-order valence-corrected chi connectivity index (χ1v) is 11.5. The molecule has 1 aliphatic heterocycles. The third-order valence-electron chi connectivity index (χ3n) is 5.60. The molecule has 2 aromatic carbocycles. The van der Waals surface area contributed by atoms with Gasteiger partial charge >= 0.3 is 12.2 Å². The summed E-state index contributed by atoms with van der Waals surface area (Å²) in [5.74, 6) is 0.0599. The second kappa shape index (κ2) is 10.1. The fraction of sp³-hybridized carbons (Fsp3) is 0.308. The van der Waals surface area contributed by atoms with E-state index in [-0.39, 0.29) is 11.8 Å². The second-order valence-electron chi connectivity index (χ2n) is 9.42. The molecule has 36 heavy (non-hydrogen) atoms. The number of amides is 3. The first-order valence-electron chi connectivity index (χ1n) is 11.5. The maximum absolute atomic E-state index is 12.8. The molecule has 0 saturated carbocycles. The molecule has 0 atom stereocenters. The van der Waals surface area contributed by atoms with Gasteiger partial charge in [-0.2, -0.15) is 0 Å². The summed E-state index contributed by atoms with van der Waals surface area (Å²) in [6.45, 7) is 6.68. The molecular formula is C26H28N4O6. The number of anilines is 1. The summed E-state index contributed by atoms with van der Waals surface area (Å²) in [6, 6.07) is 16.6. The minimum absolute atomic E-state index is 0.118. The van der Waals surface area contributed by atoms with Gasteiger partial charge in [-0.1, -0.05) is 35.5 Å². The Hall–Kier alpha value is -4.34. The fourth-order valence-corrected chi connectivity index (χ4v) is 3.82. The molecule has 0 unspecified atom stereocenters. The van der Waals surface area contributed by atoms with Crippen LogP contribution in [0.15, 0.2) is 59.1 Å². The number of nitrogens with zero attached hydrogens (tertiary/aromatic N) is 3. The Bertz CT molecular complexity index is 1250. The molecule has 1 aliphatic rings. The normalized spacial score (nSPS) is 13.9. The van der Waals surface area contributed by atoms with Crippen LogP contribution in [0.1, 0.15) is 31.1 Å². The first-order chi connectivity index (χ1) is 17.1. The van der Waals surface area contributed by atoms with Crippen molar-refractivity contribution in [2.24, 2.45) is 0 Å². The van der Waals surface area contributed by atoms with E-state index in [9.17, 15) is 14.4 Å². The SMILES string of the molecule is CC(C)(C)OC(=O)Nc1cc(-c2cccc(-c3ccc(C(=O)N4CCN(C(=O)O)CC4)cc3)c2)no1. The van der Waals surface area contributed by atoms with Crippen molar-refractivity contribution < 1.29 is 28.8 Å². The van der Waals surface area contributed by atoms with Crippen LogP contribution < -0.4 is 5.32 Å². The van der Waals surface area contributed by atoms with E-state index in [4.69, 9.17) is 14.4 Å². The van der Waals surface area contributed by atoms with Gasteiger partial charge in [-0.15, -0.1) is 0 Å². The topological polar surface area (TPSA) is 125 Å². The predicted octanol–water partition coefficient (Wildman–Crippen LogP) is 4.79. The highest BCUT2D eigenvalue weighted by Gasteiger charge is 2.24. The van der Waals surface area contributed by atoms with Crippen LogP contribution in [0.5, 0.6) is 0 Å². The Morgan fingerprint density at radius 3 is 2.19 bits per heavy atom. The summed E-state index contributed by atoms with van der Waals surface area (Å²) < 4.78 is 10.5. The zero-order chi connectivity index (χ0) is 25.9. The molecule has 3 amide bonds. The Kier molecular flexibility index (Phi) is 6.96. The minimum Gasteiger partial charge on any atom is -0.465 e. The number of hydrogen-bond acceptors (Lipinski definition) is 6. The Morgan fingerprint density at radius 1 is 0.917 bits per heavy atom. The van der Waals surface area contributed by atoms with Crippen LogP contribution in [0.3, 0.4) is 0 Å². The van der Waals surface area contributed by atoms with Crippen molar-refractivity contribution in [2.75, 3.05) is 31.5 Å². The zero-order valence-corrected chi connectivity index (χ0v) is 20.4. The van der Waals surface area contributed by atoms with Crippen LogP contribution in [0.4, 0.5) is 15.5 Å². The summed E-state index contributed by atoms with van der Waals surface area (Å²) in [5.41, 5.74) is 3.11. The lowest BCUT2D eigenvalue weighted by molar-refractivity contribution is 0.0622. The van der Waals surface area contributed by atoms with Gasteiger partial charge in [-0.25, -0.2) is 9.59 Å². The quantitative estimate of drug-likeness (QED) is 0.536. The summed E-state index contributed by atoms with van der Waals surface area (Å²) in [4.78, 5) is 38.8. The van der Waals surface area contributed by atoms with Gasteiger partial charge in [-0.3, -0.25) is 10.1 Å².